The summed E-state index contributed by atoms with van der Waals surface area (Å²) in [5.41, 5.74) is 7.68. The number of hydrogen-bond acceptors (Lipinski definition) is 3. The van der Waals surface area contributed by atoms with Gasteiger partial charge in [0.25, 0.3) is 0 Å². The van der Waals surface area contributed by atoms with E-state index in [9.17, 15) is 0 Å². The molecule has 0 spiro atoms. The van der Waals surface area contributed by atoms with Crippen molar-refractivity contribution in [1.82, 2.24) is 4.90 Å². The van der Waals surface area contributed by atoms with Crippen molar-refractivity contribution < 1.29 is 0 Å². The molecule has 0 amide bonds. The van der Waals surface area contributed by atoms with Gasteiger partial charge in [-0.1, -0.05) is 30.3 Å². The molecule has 1 heterocycles. The Morgan fingerprint density at radius 2 is 2.00 bits per heavy atom. The summed E-state index contributed by atoms with van der Waals surface area (Å²) in [6.45, 7) is 5.49. The molecule has 0 bridgehead atoms. The first-order chi connectivity index (χ1) is 9.24. The quantitative estimate of drug-likeness (QED) is 0.898. The minimum atomic E-state index is 0.154. The molecule has 19 heavy (non-hydrogen) atoms. The van der Waals surface area contributed by atoms with Gasteiger partial charge in [0.2, 0.25) is 0 Å². The Balaban J connectivity index is 1.96. The molecule has 106 valence electrons. The topological polar surface area (TPSA) is 29.3 Å². The van der Waals surface area contributed by atoms with Crippen LogP contribution in [0, 0.1) is 0 Å². The van der Waals surface area contributed by atoms with Crippen LogP contribution in [0.1, 0.15) is 25.3 Å². The van der Waals surface area contributed by atoms with E-state index < -0.39 is 0 Å². The second-order valence-corrected chi connectivity index (χ2v) is 6.86. The number of nitrogens with zero attached hydrogens (tertiary/aromatic N) is 1. The predicted octanol–water partition coefficient (Wildman–Crippen LogP) is 2.78. The number of rotatable bonds is 5. The van der Waals surface area contributed by atoms with Crippen LogP contribution in [0.5, 0.6) is 0 Å². The lowest BCUT2D eigenvalue weighted by molar-refractivity contribution is 0.111. The van der Waals surface area contributed by atoms with Gasteiger partial charge in [-0.3, -0.25) is 4.90 Å². The van der Waals surface area contributed by atoms with Crippen LogP contribution in [-0.2, 0) is 6.42 Å². The van der Waals surface area contributed by atoms with Gasteiger partial charge >= 0.3 is 0 Å². The molecule has 1 aromatic carbocycles. The maximum Gasteiger partial charge on any atom is 0.0307 e. The first kappa shape index (κ1) is 14.9. The van der Waals surface area contributed by atoms with Crippen LogP contribution in [-0.4, -0.2) is 41.6 Å². The highest BCUT2D eigenvalue weighted by Crippen LogP contribution is 2.24. The van der Waals surface area contributed by atoms with Crippen molar-refractivity contribution in [3.8, 4) is 0 Å². The molecule has 1 saturated heterocycles. The van der Waals surface area contributed by atoms with Crippen molar-refractivity contribution in [2.75, 3.05) is 31.1 Å². The van der Waals surface area contributed by atoms with Gasteiger partial charge in [-0.25, -0.2) is 0 Å². The average Bonchev–Trinajstić information content (AvgIpc) is 2.75. The summed E-state index contributed by atoms with van der Waals surface area (Å²) in [5.74, 6) is 2.55. The third-order valence-electron chi connectivity index (χ3n) is 4.22. The van der Waals surface area contributed by atoms with Crippen molar-refractivity contribution >= 4 is 11.8 Å². The Morgan fingerprint density at radius 1 is 1.21 bits per heavy atom. The van der Waals surface area contributed by atoms with Crippen LogP contribution in [0.15, 0.2) is 30.3 Å². The van der Waals surface area contributed by atoms with Gasteiger partial charge in [0.1, 0.15) is 0 Å². The molecule has 2 N–H and O–H groups in total. The Bertz CT molecular complexity index is 360. The lowest BCUT2D eigenvalue weighted by atomic mass is 9.91. The molecule has 1 aliphatic heterocycles. The Labute approximate surface area is 121 Å². The largest absolute Gasteiger partial charge is 0.329 e. The summed E-state index contributed by atoms with van der Waals surface area (Å²) in [5, 5.41) is 0. The van der Waals surface area contributed by atoms with Crippen molar-refractivity contribution in [1.29, 1.82) is 0 Å². The number of aryl methyl sites for hydroxylation is 1. The van der Waals surface area contributed by atoms with Crippen LogP contribution in [0.3, 0.4) is 0 Å². The van der Waals surface area contributed by atoms with E-state index in [0.29, 0.717) is 0 Å². The molecule has 1 unspecified atom stereocenters. The van der Waals surface area contributed by atoms with Gasteiger partial charge in [-0.2, -0.15) is 11.8 Å². The Hall–Kier alpha value is -0.510. The van der Waals surface area contributed by atoms with Crippen molar-refractivity contribution in [3.63, 3.8) is 0 Å². The zero-order valence-electron chi connectivity index (χ0n) is 12.0. The summed E-state index contributed by atoms with van der Waals surface area (Å²) in [7, 11) is 0. The number of hydrogen-bond donors (Lipinski definition) is 1. The van der Waals surface area contributed by atoms with Gasteiger partial charge in [0.05, 0.1) is 0 Å². The lowest BCUT2D eigenvalue weighted by Gasteiger charge is -2.40. The van der Waals surface area contributed by atoms with Crippen LogP contribution < -0.4 is 5.73 Å². The summed E-state index contributed by atoms with van der Waals surface area (Å²) in [6, 6.07) is 10.8. The lowest BCUT2D eigenvalue weighted by Crippen LogP contribution is -2.52. The third-order valence-corrected chi connectivity index (χ3v) is 5.27. The summed E-state index contributed by atoms with van der Waals surface area (Å²) >= 11 is 2.08. The fourth-order valence-electron chi connectivity index (χ4n) is 2.73. The minimum Gasteiger partial charge on any atom is -0.329 e. The molecule has 0 aromatic heterocycles. The summed E-state index contributed by atoms with van der Waals surface area (Å²) in [4.78, 5) is 2.62. The second-order valence-electron chi connectivity index (χ2n) is 5.64. The minimum absolute atomic E-state index is 0.154. The molecule has 0 radical (unpaired) electrons. The highest BCUT2D eigenvalue weighted by Gasteiger charge is 2.30. The normalized spacial score (nSPS) is 20.7. The van der Waals surface area contributed by atoms with Gasteiger partial charge in [-0.05, 0) is 44.0 Å². The Kier molecular flexibility index (Phi) is 5.74. The number of thioether (sulfide) groups is 1. The second kappa shape index (κ2) is 7.32. The van der Waals surface area contributed by atoms with Gasteiger partial charge in [0.15, 0.2) is 0 Å². The highest BCUT2D eigenvalue weighted by atomic mass is 32.2. The van der Waals surface area contributed by atoms with E-state index in [2.05, 4.69) is 53.9 Å². The maximum absolute atomic E-state index is 6.10. The molecule has 2 nitrogen and oxygen atoms in total. The van der Waals surface area contributed by atoms with E-state index >= 15 is 0 Å². The van der Waals surface area contributed by atoms with Gasteiger partial charge < -0.3 is 5.73 Å². The van der Waals surface area contributed by atoms with Crippen LogP contribution >= 0.6 is 11.8 Å². The maximum atomic E-state index is 6.10. The third kappa shape index (κ3) is 4.23. The molecule has 3 heteroatoms. The first-order valence-corrected chi connectivity index (χ1v) is 8.47. The van der Waals surface area contributed by atoms with Crippen molar-refractivity contribution in [2.45, 2.75) is 31.7 Å². The standard InChI is InChI=1S/C16H26N2S/c1-16(14-17,18-10-5-12-19-13-11-18)9-8-15-6-3-2-4-7-15/h2-4,6-7H,5,8-14,17H2,1H3. The molecule has 2 rings (SSSR count). The highest BCUT2D eigenvalue weighted by molar-refractivity contribution is 7.99. The van der Waals surface area contributed by atoms with E-state index in [1.165, 1.54) is 36.6 Å². The van der Waals surface area contributed by atoms with E-state index in [-0.39, 0.29) is 5.54 Å². The molecule has 1 aliphatic rings. The molecule has 0 aliphatic carbocycles. The number of nitrogens with two attached hydrogens (primary N) is 1. The molecular weight excluding hydrogens is 252 g/mol. The van der Waals surface area contributed by atoms with Crippen LogP contribution in [0.2, 0.25) is 0 Å². The van der Waals surface area contributed by atoms with Crippen molar-refractivity contribution in [2.24, 2.45) is 5.73 Å². The molecule has 1 fully saturated rings. The van der Waals surface area contributed by atoms with Gasteiger partial charge in [0, 0.05) is 24.4 Å². The summed E-state index contributed by atoms with van der Waals surface area (Å²) in [6.07, 6.45) is 3.57. The number of benzene rings is 1. The van der Waals surface area contributed by atoms with Gasteiger partial charge in [-0.15, -0.1) is 0 Å². The molecule has 1 atom stereocenters. The molecule has 1 aromatic rings. The van der Waals surface area contributed by atoms with E-state index in [4.69, 9.17) is 5.73 Å². The van der Waals surface area contributed by atoms with Crippen LogP contribution in [0.25, 0.3) is 0 Å². The monoisotopic (exact) mass is 278 g/mol. The predicted molar refractivity (Wildman–Crippen MR) is 85.7 cm³/mol. The van der Waals surface area contributed by atoms with Crippen molar-refractivity contribution in [3.05, 3.63) is 35.9 Å². The SMILES string of the molecule is CC(CN)(CCc1ccccc1)N1CCCSCC1. The zero-order valence-corrected chi connectivity index (χ0v) is 12.8. The van der Waals surface area contributed by atoms with E-state index in [1.807, 2.05) is 0 Å². The fourth-order valence-corrected chi connectivity index (χ4v) is 3.62. The first-order valence-electron chi connectivity index (χ1n) is 7.31. The van der Waals surface area contributed by atoms with E-state index in [1.54, 1.807) is 0 Å². The van der Waals surface area contributed by atoms with Crippen LogP contribution in [0.4, 0.5) is 0 Å². The zero-order chi connectivity index (χ0) is 13.6. The molecular formula is C16H26N2S. The summed E-state index contributed by atoms with van der Waals surface area (Å²) < 4.78 is 0. The van der Waals surface area contributed by atoms with E-state index in [0.717, 1.165) is 19.4 Å². The Morgan fingerprint density at radius 3 is 2.74 bits per heavy atom. The fraction of sp³-hybridized carbons (Fsp3) is 0.625. The smallest absolute Gasteiger partial charge is 0.0307 e. The average molecular weight is 278 g/mol. The molecule has 0 saturated carbocycles.